The van der Waals surface area contributed by atoms with Gasteiger partial charge in [0.1, 0.15) is 5.75 Å². The highest BCUT2D eigenvalue weighted by Crippen LogP contribution is 2.25. The van der Waals surface area contributed by atoms with Crippen LogP contribution in [0.4, 0.5) is 0 Å². The Bertz CT molecular complexity index is 352. The summed E-state index contributed by atoms with van der Waals surface area (Å²) in [5, 5.41) is 0. The molecule has 17 heavy (non-hydrogen) atoms. The van der Waals surface area contributed by atoms with Gasteiger partial charge in [0.15, 0.2) is 0 Å². The smallest absolute Gasteiger partial charge is 0.122 e. The molecular weight excluding hydrogens is 234 g/mol. The Morgan fingerprint density at radius 3 is 2.35 bits per heavy atom. The maximum absolute atomic E-state index is 5.99. The number of benzene rings is 1. The van der Waals surface area contributed by atoms with Gasteiger partial charge < -0.3 is 10.5 Å². The van der Waals surface area contributed by atoms with Crippen molar-refractivity contribution in [2.24, 2.45) is 5.73 Å². The van der Waals surface area contributed by atoms with E-state index >= 15 is 0 Å². The van der Waals surface area contributed by atoms with Crippen molar-refractivity contribution in [1.29, 1.82) is 0 Å². The van der Waals surface area contributed by atoms with Gasteiger partial charge >= 0.3 is 0 Å². The fourth-order valence-electron chi connectivity index (χ4n) is 1.81. The number of rotatable bonds is 5. The summed E-state index contributed by atoms with van der Waals surface area (Å²) in [7, 11) is 0. The Labute approximate surface area is 111 Å². The molecule has 2 nitrogen and oxygen atoms in total. The van der Waals surface area contributed by atoms with Crippen LogP contribution in [0, 0.1) is 13.8 Å². The van der Waals surface area contributed by atoms with Crippen molar-refractivity contribution in [3.8, 4) is 5.75 Å². The first-order valence-corrected chi connectivity index (χ1v) is 6.07. The normalized spacial score (nSPS) is 11.8. The average molecular weight is 258 g/mol. The molecule has 0 aliphatic rings. The van der Waals surface area contributed by atoms with Crippen LogP contribution in [-0.4, -0.2) is 12.6 Å². The van der Waals surface area contributed by atoms with Gasteiger partial charge in [-0.1, -0.05) is 13.0 Å². The molecule has 1 unspecified atom stereocenters. The molecule has 0 aromatic heterocycles. The van der Waals surface area contributed by atoms with Crippen molar-refractivity contribution >= 4 is 12.4 Å². The molecule has 0 aliphatic heterocycles. The zero-order valence-corrected chi connectivity index (χ0v) is 12.1. The molecule has 0 saturated heterocycles. The quantitative estimate of drug-likeness (QED) is 0.878. The second-order valence-corrected chi connectivity index (χ2v) is 4.28. The summed E-state index contributed by atoms with van der Waals surface area (Å²) in [4.78, 5) is 0. The fourth-order valence-corrected chi connectivity index (χ4v) is 1.81. The highest BCUT2D eigenvalue weighted by molar-refractivity contribution is 5.85. The van der Waals surface area contributed by atoms with Gasteiger partial charge in [0, 0.05) is 6.04 Å². The number of halogens is 1. The summed E-state index contributed by atoms with van der Waals surface area (Å²) in [6.07, 6.45) is 1.97. The van der Waals surface area contributed by atoms with E-state index in [0.29, 0.717) is 6.61 Å². The topological polar surface area (TPSA) is 35.2 Å². The van der Waals surface area contributed by atoms with E-state index in [1.54, 1.807) is 0 Å². The van der Waals surface area contributed by atoms with E-state index in [4.69, 9.17) is 10.5 Å². The third-order valence-electron chi connectivity index (χ3n) is 3.16. The van der Waals surface area contributed by atoms with Crippen molar-refractivity contribution in [3.63, 3.8) is 0 Å². The highest BCUT2D eigenvalue weighted by Gasteiger charge is 2.09. The third-order valence-corrected chi connectivity index (χ3v) is 3.16. The summed E-state index contributed by atoms with van der Waals surface area (Å²) in [5.41, 5.74) is 9.89. The van der Waals surface area contributed by atoms with Crippen molar-refractivity contribution < 1.29 is 4.74 Å². The van der Waals surface area contributed by atoms with E-state index in [2.05, 4.69) is 32.9 Å². The molecule has 0 bridgehead atoms. The van der Waals surface area contributed by atoms with Crippen LogP contribution in [-0.2, 0) is 6.42 Å². The third kappa shape index (κ3) is 4.21. The predicted molar refractivity (Wildman–Crippen MR) is 76.3 cm³/mol. The summed E-state index contributed by atoms with van der Waals surface area (Å²) in [6.45, 7) is 9.11. The second kappa shape index (κ2) is 7.57. The lowest BCUT2D eigenvalue weighted by Crippen LogP contribution is -2.22. The molecule has 1 aromatic carbocycles. The second-order valence-electron chi connectivity index (χ2n) is 4.28. The van der Waals surface area contributed by atoms with Gasteiger partial charge in [-0.25, -0.2) is 0 Å². The maximum Gasteiger partial charge on any atom is 0.122 e. The molecule has 0 heterocycles. The summed E-state index contributed by atoms with van der Waals surface area (Å²) in [6, 6.07) is 4.46. The first-order chi connectivity index (χ1) is 7.60. The lowest BCUT2D eigenvalue weighted by Gasteiger charge is -2.16. The maximum atomic E-state index is 5.99. The molecule has 1 rings (SSSR count). The van der Waals surface area contributed by atoms with Crippen molar-refractivity contribution in [1.82, 2.24) is 0 Å². The predicted octanol–water partition coefficient (Wildman–Crippen LogP) is 3.40. The van der Waals surface area contributed by atoms with Crippen molar-refractivity contribution in [2.45, 2.75) is 46.6 Å². The molecule has 0 fully saturated rings. The van der Waals surface area contributed by atoms with Gasteiger partial charge in [-0.05, 0) is 56.4 Å². The van der Waals surface area contributed by atoms with E-state index in [1.165, 1.54) is 16.7 Å². The van der Waals surface area contributed by atoms with Crippen molar-refractivity contribution in [3.05, 3.63) is 28.8 Å². The molecule has 0 aliphatic carbocycles. The number of nitrogens with two attached hydrogens (primary N) is 1. The molecule has 0 spiro atoms. The van der Waals surface area contributed by atoms with Crippen LogP contribution in [0.3, 0.4) is 0 Å². The van der Waals surface area contributed by atoms with Crippen LogP contribution in [0.2, 0.25) is 0 Å². The number of hydrogen-bond donors (Lipinski definition) is 1. The van der Waals surface area contributed by atoms with Crippen LogP contribution >= 0.6 is 12.4 Å². The van der Waals surface area contributed by atoms with Crippen molar-refractivity contribution in [2.75, 3.05) is 6.61 Å². The number of ether oxygens (including phenoxy) is 1. The van der Waals surface area contributed by atoms with E-state index < -0.39 is 0 Å². The largest absolute Gasteiger partial charge is 0.494 e. The Balaban J connectivity index is 0.00000256. The first-order valence-electron chi connectivity index (χ1n) is 6.07. The Kier molecular flexibility index (Phi) is 7.24. The molecule has 2 N–H and O–H groups in total. The molecule has 0 radical (unpaired) electrons. The summed E-state index contributed by atoms with van der Waals surface area (Å²) in [5.74, 6) is 0.994. The van der Waals surface area contributed by atoms with Crippen LogP contribution < -0.4 is 10.5 Å². The van der Waals surface area contributed by atoms with E-state index in [-0.39, 0.29) is 18.4 Å². The minimum absolute atomic E-state index is 0. The van der Waals surface area contributed by atoms with E-state index in [1.807, 2.05) is 6.92 Å². The SMILES string of the molecule is CCOc1ccc(CC(N)CC)c(C)c1C.Cl. The minimum Gasteiger partial charge on any atom is -0.494 e. The van der Waals surface area contributed by atoms with Crippen LogP contribution in [0.25, 0.3) is 0 Å². The number of hydrogen-bond acceptors (Lipinski definition) is 2. The van der Waals surface area contributed by atoms with Gasteiger partial charge in [0.2, 0.25) is 0 Å². The monoisotopic (exact) mass is 257 g/mol. The highest BCUT2D eigenvalue weighted by atomic mass is 35.5. The lowest BCUT2D eigenvalue weighted by molar-refractivity contribution is 0.337. The van der Waals surface area contributed by atoms with Crippen LogP contribution in [0.15, 0.2) is 12.1 Å². The Hall–Kier alpha value is -0.730. The fraction of sp³-hybridized carbons (Fsp3) is 0.571. The molecular formula is C14H24ClNO. The van der Waals surface area contributed by atoms with Gasteiger partial charge in [0.05, 0.1) is 6.61 Å². The van der Waals surface area contributed by atoms with E-state index in [0.717, 1.165) is 18.6 Å². The zero-order valence-electron chi connectivity index (χ0n) is 11.2. The standard InChI is InChI=1S/C14H23NO.ClH/c1-5-13(15)9-12-7-8-14(16-6-2)11(4)10(12)3;/h7-8,13H,5-6,9,15H2,1-4H3;1H. The average Bonchev–Trinajstić information content (AvgIpc) is 2.28. The van der Waals surface area contributed by atoms with Gasteiger partial charge in [-0.15, -0.1) is 12.4 Å². The molecule has 98 valence electrons. The van der Waals surface area contributed by atoms with Gasteiger partial charge in [-0.2, -0.15) is 0 Å². The molecule has 1 atom stereocenters. The summed E-state index contributed by atoms with van der Waals surface area (Å²) >= 11 is 0. The first kappa shape index (κ1) is 16.3. The molecule has 3 heteroatoms. The Morgan fingerprint density at radius 1 is 1.18 bits per heavy atom. The van der Waals surface area contributed by atoms with E-state index in [9.17, 15) is 0 Å². The van der Waals surface area contributed by atoms with Crippen LogP contribution in [0.1, 0.15) is 37.0 Å². The van der Waals surface area contributed by atoms with Gasteiger partial charge in [0.25, 0.3) is 0 Å². The lowest BCUT2D eigenvalue weighted by atomic mass is 9.96. The Morgan fingerprint density at radius 2 is 1.82 bits per heavy atom. The minimum atomic E-state index is 0. The zero-order chi connectivity index (χ0) is 12.1. The van der Waals surface area contributed by atoms with Gasteiger partial charge in [-0.3, -0.25) is 0 Å². The summed E-state index contributed by atoms with van der Waals surface area (Å²) < 4.78 is 5.57. The van der Waals surface area contributed by atoms with Crippen LogP contribution in [0.5, 0.6) is 5.75 Å². The molecule has 0 saturated carbocycles. The molecule has 1 aromatic rings. The molecule has 0 amide bonds.